The Morgan fingerprint density at radius 1 is 1.00 bits per heavy atom. The maximum absolute atomic E-state index is 5.75. The minimum atomic E-state index is 0.753. The van der Waals surface area contributed by atoms with Gasteiger partial charge in [-0.1, -0.05) is 6.07 Å². The van der Waals surface area contributed by atoms with Crippen LogP contribution in [-0.2, 0) is 6.42 Å². The SMILES string of the molecule is COc1ccc(CCNc2ccc(N)cc2C)cc1OC. The highest BCUT2D eigenvalue weighted by atomic mass is 16.5. The third-order valence-corrected chi connectivity index (χ3v) is 3.43. The van der Waals surface area contributed by atoms with Crippen LogP contribution in [-0.4, -0.2) is 20.8 Å². The van der Waals surface area contributed by atoms with Gasteiger partial charge < -0.3 is 20.5 Å². The highest BCUT2D eigenvalue weighted by Gasteiger charge is 2.04. The summed E-state index contributed by atoms with van der Waals surface area (Å²) in [6, 6.07) is 11.9. The molecule has 4 nitrogen and oxygen atoms in total. The lowest BCUT2D eigenvalue weighted by Crippen LogP contribution is -2.06. The fraction of sp³-hybridized carbons (Fsp3) is 0.294. The molecule has 0 amide bonds. The second-order valence-electron chi connectivity index (χ2n) is 4.94. The molecule has 0 fully saturated rings. The van der Waals surface area contributed by atoms with Crippen molar-refractivity contribution in [2.24, 2.45) is 0 Å². The van der Waals surface area contributed by atoms with E-state index in [-0.39, 0.29) is 0 Å². The first kappa shape index (κ1) is 15.0. The molecule has 3 N–H and O–H groups in total. The van der Waals surface area contributed by atoms with E-state index in [1.165, 1.54) is 5.56 Å². The summed E-state index contributed by atoms with van der Waals surface area (Å²) in [7, 11) is 3.29. The van der Waals surface area contributed by atoms with Gasteiger partial charge in [-0.05, 0) is 54.8 Å². The number of methoxy groups -OCH3 is 2. The number of hydrogen-bond donors (Lipinski definition) is 2. The van der Waals surface area contributed by atoms with E-state index in [1.807, 2.05) is 30.3 Å². The zero-order chi connectivity index (χ0) is 15.2. The number of nitrogens with one attached hydrogen (secondary N) is 1. The number of anilines is 2. The molecule has 0 aliphatic heterocycles. The third kappa shape index (κ3) is 3.81. The van der Waals surface area contributed by atoms with Crippen molar-refractivity contribution in [3.05, 3.63) is 47.5 Å². The van der Waals surface area contributed by atoms with Crippen molar-refractivity contribution in [2.75, 3.05) is 31.8 Å². The average molecular weight is 286 g/mol. The zero-order valence-corrected chi connectivity index (χ0v) is 12.8. The molecule has 2 aromatic rings. The first-order chi connectivity index (χ1) is 10.1. The topological polar surface area (TPSA) is 56.5 Å². The van der Waals surface area contributed by atoms with E-state index in [1.54, 1.807) is 14.2 Å². The van der Waals surface area contributed by atoms with Crippen LogP contribution >= 0.6 is 0 Å². The standard InChI is InChI=1S/C17H22N2O2/c1-12-10-14(18)5-6-15(12)19-9-8-13-4-7-16(20-2)17(11-13)21-3/h4-7,10-11,19H,8-9,18H2,1-3H3. The van der Waals surface area contributed by atoms with Crippen molar-refractivity contribution in [2.45, 2.75) is 13.3 Å². The molecule has 0 radical (unpaired) electrons. The van der Waals surface area contributed by atoms with Crippen molar-refractivity contribution in [3.8, 4) is 11.5 Å². The minimum absolute atomic E-state index is 0.753. The summed E-state index contributed by atoms with van der Waals surface area (Å²) in [5.74, 6) is 1.52. The van der Waals surface area contributed by atoms with Gasteiger partial charge in [-0.3, -0.25) is 0 Å². The molecular weight excluding hydrogens is 264 g/mol. The quantitative estimate of drug-likeness (QED) is 0.800. The molecule has 21 heavy (non-hydrogen) atoms. The van der Waals surface area contributed by atoms with Crippen molar-refractivity contribution >= 4 is 11.4 Å². The van der Waals surface area contributed by atoms with E-state index < -0.39 is 0 Å². The second-order valence-corrected chi connectivity index (χ2v) is 4.94. The average Bonchev–Trinajstić information content (AvgIpc) is 2.49. The molecule has 0 saturated carbocycles. The van der Waals surface area contributed by atoms with Gasteiger partial charge in [-0.25, -0.2) is 0 Å². The molecule has 0 aromatic heterocycles. The van der Waals surface area contributed by atoms with E-state index in [4.69, 9.17) is 15.2 Å². The highest BCUT2D eigenvalue weighted by molar-refractivity contribution is 5.57. The number of rotatable bonds is 6. The van der Waals surface area contributed by atoms with E-state index in [0.29, 0.717) is 0 Å². The summed E-state index contributed by atoms with van der Waals surface area (Å²) in [5.41, 5.74) is 10.0. The van der Waals surface area contributed by atoms with Gasteiger partial charge in [0.1, 0.15) is 0 Å². The zero-order valence-electron chi connectivity index (χ0n) is 12.8. The molecular formula is C17H22N2O2. The molecule has 0 spiro atoms. The third-order valence-electron chi connectivity index (χ3n) is 3.43. The first-order valence-corrected chi connectivity index (χ1v) is 6.95. The molecule has 2 aromatic carbocycles. The van der Waals surface area contributed by atoms with Crippen LogP contribution < -0.4 is 20.5 Å². The van der Waals surface area contributed by atoms with Crippen LogP contribution in [0.2, 0.25) is 0 Å². The Kier molecular flexibility index (Phi) is 4.93. The Labute approximate surface area is 125 Å². The van der Waals surface area contributed by atoms with Gasteiger partial charge in [0.25, 0.3) is 0 Å². The van der Waals surface area contributed by atoms with E-state index in [0.717, 1.165) is 41.4 Å². The van der Waals surface area contributed by atoms with Gasteiger partial charge in [0.05, 0.1) is 14.2 Å². The van der Waals surface area contributed by atoms with E-state index in [9.17, 15) is 0 Å². The molecule has 0 saturated heterocycles. The fourth-order valence-corrected chi connectivity index (χ4v) is 2.26. The highest BCUT2D eigenvalue weighted by Crippen LogP contribution is 2.27. The molecule has 2 rings (SSSR count). The van der Waals surface area contributed by atoms with Crippen LogP contribution in [0, 0.1) is 6.92 Å². The molecule has 112 valence electrons. The molecule has 4 heteroatoms. The first-order valence-electron chi connectivity index (χ1n) is 6.95. The van der Waals surface area contributed by atoms with Gasteiger partial charge in [0, 0.05) is 17.9 Å². The smallest absolute Gasteiger partial charge is 0.160 e. The number of nitrogen functional groups attached to an aromatic ring is 1. The molecule has 0 aliphatic carbocycles. The lowest BCUT2D eigenvalue weighted by Gasteiger charge is -2.12. The molecule has 0 bridgehead atoms. The maximum atomic E-state index is 5.75. The van der Waals surface area contributed by atoms with Gasteiger partial charge in [-0.15, -0.1) is 0 Å². The monoisotopic (exact) mass is 286 g/mol. The maximum Gasteiger partial charge on any atom is 0.160 e. The Morgan fingerprint density at radius 2 is 1.76 bits per heavy atom. The largest absolute Gasteiger partial charge is 0.493 e. The Hall–Kier alpha value is -2.36. The lowest BCUT2D eigenvalue weighted by atomic mass is 10.1. The van der Waals surface area contributed by atoms with Crippen LogP contribution in [0.5, 0.6) is 11.5 Å². The van der Waals surface area contributed by atoms with Crippen molar-refractivity contribution in [3.63, 3.8) is 0 Å². The van der Waals surface area contributed by atoms with Gasteiger partial charge >= 0.3 is 0 Å². The molecule has 0 aliphatic rings. The lowest BCUT2D eigenvalue weighted by molar-refractivity contribution is 0.354. The summed E-state index contributed by atoms with van der Waals surface area (Å²) in [6.07, 6.45) is 0.907. The Morgan fingerprint density at radius 3 is 2.43 bits per heavy atom. The Balaban J connectivity index is 1.97. The number of nitrogens with two attached hydrogens (primary N) is 1. The second kappa shape index (κ2) is 6.88. The van der Waals surface area contributed by atoms with Crippen molar-refractivity contribution in [1.82, 2.24) is 0 Å². The van der Waals surface area contributed by atoms with E-state index >= 15 is 0 Å². The molecule has 0 unspecified atom stereocenters. The number of benzene rings is 2. The summed E-state index contributed by atoms with van der Waals surface area (Å²) < 4.78 is 10.6. The predicted octanol–water partition coefficient (Wildman–Crippen LogP) is 3.25. The van der Waals surface area contributed by atoms with Crippen LogP contribution in [0.15, 0.2) is 36.4 Å². The normalized spacial score (nSPS) is 10.2. The van der Waals surface area contributed by atoms with Gasteiger partial charge in [-0.2, -0.15) is 0 Å². The van der Waals surface area contributed by atoms with Crippen molar-refractivity contribution < 1.29 is 9.47 Å². The van der Waals surface area contributed by atoms with Gasteiger partial charge in [0.2, 0.25) is 0 Å². The van der Waals surface area contributed by atoms with E-state index in [2.05, 4.69) is 18.3 Å². The molecule has 0 atom stereocenters. The molecule has 0 heterocycles. The minimum Gasteiger partial charge on any atom is -0.493 e. The summed E-state index contributed by atoms with van der Waals surface area (Å²) in [5, 5.41) is 3.43. The number of aryl methyl sites for hydroxylation is 1. The number of ether oxygens (including phenoxy) is 2. The predicted molar refractivity (Wildman–Crippen MR) is 87.3 cm³/mol. The van der Waals surface area contributed by atoms with Crippen LogP contribution in [0.25, 0.3) is 0 Å². The summed E-state index contributed by atoms with van der Waals surface area (Å²) >= 11 is 0. The van der Waals surface area contributed by atoms with Crippen LogP contribution in [0.3, 0.4) is 0 Å². The van der Waals surface area contributed by atoms with Crippen LogP contribution in [0.4, 0.5) is 11.4 Å². The van der Waals surface area contributed by atoms with Crippen molar-refractivity contribution in [1.29, 1.82) is 0 Å². The van der Waals surface area contributed by atoms with Crippen LogP contribution in [0.1, 0.15) is 11.1 Å². The fourth-order valence-electron chi connectivity index (χ4n) is 2.26. The summed E-state index contributed by atoms with van der Waals surface area (Å²) in [6.45, 7) is 2.90. The van der Waals surface area contributed by atoms with Gasteiger partial charge in [0.15, 0.2) is 11.5 Å². The summed E-state index contributed by atoms with van der Waals surface area (Å²) in [4.78, 5) is 0. The Bertz CT molecular complexity index is 612. The number of hydrogen-bond acceptors (Lipinski definition) is 4.